The summed E-state index contributed by atoms with van der Waals surface area (Å²) in [4.78, 5) is 35.1. The molecule has 5 fully saturated rings. The molecule has 0 aromatic heterocycles. The Balaban J connectivity index is 1.29. The molecule has 2 saturated heterocycles. The second-order valence-electron chi connectivity index (χ2n) is 13.7. The van der Waals surface area contributed by atoms with Gasteiger partial charge in [0.1, 0.15) is 17.9 Å². The SMILES string of the molecule is C=C1[C@@H](NC(=O)[C@@H]2[C@H]3[C@H](CO[C@@H]3C)ON2Cc2cccc(-c3cc(C(=O)NC)cc(N(C)C)c3)c2OC)C[C@H]2C[C@@H]1C2(C)C. The van der Waals surface area contributed by atoms with E-state index in [1.807, 2.05) is 67.4 Å². The lowest BCUT2D eigenvalue weighted by atomic mass is 9.46. The number of hydrogen-bond donors (Lipinski definition) is 2. The predicted octanol–water partition coefficient (Wildman–Crippen LogP) is 4.41. The van der Waals surface area contributed by atoms with Crippen LogP contribution in [0.4, 0.5) is 5.69 Å². The summed E-state index contributed by atoms with van der Waals surface area (Å²) in [5.41, 5.74) is 5.48. The highest BCUT2D eigenvalue weighted by atomic mass is 16.7. The molecular formula is C35H46N4O5. The van der Waals surface area contributed by atoms with Gasteiger partial charge in [0, 0.05) is 49.4 Å². The van der Waals surface area contributed by atoms with E-state index in [-0.39, 0.29) is 41.4 Å². The van der Waals surface area contributed by atoms with E-state index >= 15 is 0 Å². The molecule has 5 aliphatic rings. The van der Waals surface area contributed by atoms with Gasteiger partial charge < -0.3 is 25.0 Å². The maximum Gasteiger partial charge on any atom is 0.251 e. The topological polar surface area (TPSA) is 92.4 Å². The number of hydroxylamine groups is 2. The lowest BCUT2D eigenvalue weighted by Crippen LogP contribution is -2.59. The third-order valence-electron chi connectivity index (χ3n) is 10.8. The summed E-state index contributed by atoms with van der Waals surface area (Å²) in [6, 6.07) is 11.2. The Kier molecular flexibility index (Phi) is 8.01. The number of benzene rings is 2. The van der Waals surface area contributed by atoms with Gasteiger partial charge in [-0.25, -0.2) is 0 Å². The van der Waals surface area contributed by atoms with E-state index in [0.717, 1.165) is 34.4 Å². The van der Waals surface area contributed by atoms with Gasteiger partial charge in [-0.05, 0) is 60.8 Å². The summed E-state index contributed by atoms with van der Waals surface area (Å²) in [5, 5.41) is 7.93. The average molecular weight is 603 g/mol. The Morgan fingerprint density at radius 2 is 1.95 bits per heavy atom. The van der Waals surface area contributed by atoms with Gasteiger partial charge in [0.05, 0.1) is 32.4 Å². The van der Waals surface area contributed by atoms with E-state index in [9.17, 15) is 9.59 Å². The smallest absolute Gasteiger partial charge is 0.251 e. The van der Waals surface area contributed by atoms with Crippen molar-refractivity contribution in [2.24, 2.45) is 23.2 Å². The summed E-state index contributed by atoms with van der Waals surface area (Å²) in [7, 11) is 7.18. The van der Waals surface area contributed by atoms with Crippen LogP contribution in [0, 0.1) is 23.2 Å². The molecule has 2 N–H and O–H groups in total. The Morgan fingerprint density at radius 3 is 2.61 bits per heavy atom. The highest BCUT2D eigenvalue weighted by Gasteiger charge is 2.57. The molecule has 236 valence electrons. The zero-order chi connectivity index (χ0) is 31.5. The number of ether oxygens (including phenoxy) is 2. The molecule has 3 saturated carbocycles. The maximum atomic E-state index is 14.1. The number of para-hydroxylation sites is 1. The molecule has 0 radical (unpaired) electrons. The van der Waals surface area contributed by atoms with Crippen LogP contribution in [0.2, 0.25) is 0 Å². The third kappa shape index (κ3) is 5.08. The molecule has 0 spiro atoms. The van der Waals surface area contributed by atoms with Gasteiger partial charge in [-0.2, -0.15) is 5.06 Å². The zero-order valence-corrected chi connectivity index (χ0v) is 27.0. The van der Waals surface area contributed by atoms with Gasteiger partial charge in [0.25, 0.3) is 5.91 Å². The minimum absolute atomic E-state index is 0.0193. The second kappa shape index (κ2) is 11.5. The molecule has 2 heterocycles. The van der Waals surface area contributed by atoms with Gasteiger partial charge in [0.2, 0.25) is 5.91 Å². The van der Waals surface area contributed by atoms with Crippen molar-refractivity contribution in [1.29, 1.82) is 0 Å². The number of carbonyl (C=O) groups is 2. The Hall–Kier alpha value is -3.40. The number of methoxy groups -OCH3 is 1. The number of hydrogen-bond acceptors (Lipinski definition) is 7. The van der Waals surface area contributed by atoms with Gasteiger partial charge in [0.15, 0.2) is 0 Å². The molecule has 7 atom stereocenters. The van der Waals surface area contributed by atoms with Gasteiger partial charge in [-0.3, -0.25) is 14.4 Å². The van der Waals surface area contributed by atoms with Crippen molar-refractivity contribution in [2.45, 2.75) is 64.4 Å². The van der Waals surface area contributed by atoms with Crippen molar-refractivity contribution in [3.8, 4) is 16.9 Å². The largest absolute Gasteiger partial charge is 0.496 e. The van der Waals surface area contributed by atoms with E-state index in [0.29, 0.717) is 36.3 Å². The van der Waals surface area contributed by atoms with E-state index in [1.54, 1.807) is 14.2 Å². The molecule has 2 aromatic carbocycles. The van der Waals surface area contributed by atoms with Crippen LogP contribution in [0.1, 0.15) is 49.5 Å². The highest BCUT2D eigenvalue weighted by molar-refractivity contribution is 5.97. The number of anilines is 1. The molecular weight excluding hydrogens is 556 g/mol. The van der Waals surface area contributed by atoms with E-state index in [2.05, 4.69) is 31.1 Å². The minimum Gasteiger partial charge on any atom is -0.496 e. The number of nitrogens with zero attached hydrogens (tertiary/aromatic N) is 2. The molecule has 2 aliphatic heterocycles. The second-order valence-corrected chi connectivity index (χ2v) is 13.7. The quantitative estimate of drug-likeness (QED) is 0.433. The van der Waals surface area contributed by atoms with Gasteiger partial charge in [-0.1, -0.05) is 44.2 Å². The van der Waals surface area contributed by atoms with Crippen LogP contribution in [-0.2, 0) is 20.9 Å². The van der Waals surface area contributed by atoms with Crippen LogP contribution in [-0.4, -0.2) is 76.0 Å². The highest BCUT2D eigenvalue weighted by Crippen LogP contribution is 2.60. The van der Waals surface area contributed by atoms with Gasteiger partial charge in [-0.15, -0.1) is 0 Å². The number of nitrogens with one attached hydrogen (secondary N) is 2. The van der Waals surface area contributed by atoms with Crippen LogP contribution >= 0.6 is 0 Å². The standard InChI is InChI=1S/C35H46N4O5/c1-19-27-15-24(35(27,3)4)16-28(19)37-34(41)31-30-20(2)43-18-29(30)44-39(31)17-21-10-9-11-26(32(21)42-8)22-12-23(33(40)36-5)14-25(13-22)38(6)7/h9-14,20,24,27-31H,1,15-18H2,2-8H3,(H,36,40)(H,37,41)/t20-,24-,27+,28+,29+,30-,31+/m1/s1. The summed E-state index contributed by atoms with van der Waals surface area (Å²) >= 11 is 0. The predicted molar refractivity (Wildman–Crippen MR) is 170 cm³/mol. The van der Waals surface area contributed by atoms with Gasteiger partial charge >= 0.3 is 0 Å². The number of rotatable bonds is 8. The normalized spacial score (nSPS) is 30.3. The van der Waals surface area contributed by atoms with Crippen LogP contribution in [0.15, 0.2) is 48.6 Å². The van der Waals surface area contributed by atoms with Crippen molar-refractivity contribution in [2.75, 3.05) is 39.8 Å². The molecule has 9 nitrogen and oxygen atoms in total. The average Bonchev–Trinajstić information content (AvgIpc) is 3.55. The number of amides is 2. The maximum absolute atomic E-state index is 14.1. The molecule has 3 aliphatic carbocycles. The van der Waals surface area contributed by atoms with Crippen LogP contribution in [0.25, 0.3) is 11.1 Å². The zero-order valence-electron chi connectivity index (χ0n) is 27.0. The Labute approximate surface area is 260 Å². The summed E-state index contributed by atoms with van der Waals surface area (Å²) in [6.45, 7) is 11.9. The van der Waals surface area contributed by atoms with Crippen LogP contribution in [0.3, 0.4) is 0 Å². The van der Waals surface area contributed by atoms with Crippen molar-refractivity contribution in [1.82, 2.24) is 15.7 Å². The molecule has 7 rings (SSSR count). The first-order chi connectivity index (χ1) is 20.9. The van der Waals surface area contributed by atoms with Crippen LogP contribution in [0.5, 0.6) is 5.75 Å². The van der Waals surface area contributed by atoms with Crippen molar-refractivity contribution in [3.63, 3.8) is 0 Å². The monoisotopic (exact) mass is 602 g/mol. The first-order valence-electron chi connectivity index (χ1n) is 15.7. The molecule has 2 aromatic rings. The first kappa shape index (κ1) is 30.6. The van der Waals surface area contributed by atoms with E-state index < -0.39 is 6.04 Å². The molecule has 2 bridgehead atoms. The van der Waals surface area contributed by atoms with Crippen molar-refractivity contribution >= 4 is 17.5 Å². The Morgan fingerprint density at radius 1 is 1.18 bits per heavy atom. The molecule has 44 heavy (non-hydrogen) atoms. The molecule has 9 heteroatoms. The van der Waals surface area contributed by atoms with Crippen molar-refractivity contribution in [3.05, 3.63) is 59.7 Å². The number of fused-ring (bicyclic) bond motifs is 3. The molecule has 2 amide bonds. The summed E-state index contributed by atoms with van der Waals surface area (Å²) in [5.74, 6) is 1.45. The summed E-state index contributed by atoms with van der Waals surface area (Å²) < 4.78 is 12.0. The first-order valence-corrected chi connectivity index (χ1v) is 15.7. The van der Waals surface area contributed by atoms with E-state index in [1.165, 1.54) is 6.42 Å². The fourth-order valence-electron chi connectivity index (χ4n) is 7.98. The fraction of sp³-hybridized carbons (Fsp3) is 0.543. The lowest BCUT2D eigenvalue weighted by molar-refractivity contribution is -0.184. The summed E-state index contributed by atoms with van der Waals surface area (Å²) in [6.07, 6.45) is 1.81. The fourth-order valence-corrected chi connectivity index (χ4v) is 7.98. The van der Waals surface area contributed by atoms with Crippen molar-refractivity contribution < 1.29 is 23.9 Å². The Bertz CT molecular complexity index is 1470. The number of carbonyl (C=O) groups excluding carboxylic acids is 2. The lowest BCUT2D eigenvalue weighted by Gasteiger charge is -2.60. The molecule has 0 unspecified atom stereocenters. The van der Waals surface area contributed by atoms with Crippen LogP contribution < -0.4 is 20.3 Å². The third-order valence-corrected chi connectivity index (χ3v) is 10.8. The van der Waals surface area contributed by atoms with E-state index in [4.69, 9.17) is 14.3 Å². The minimum atomic E-state index is -0.512.